The van der Waals surface area contributed by atoms with Crippen LogP contribution in [0.5, 0.6) is 5.75 Å². The van der Waals surface area contributed by atoms with Gasteiger partial charge in [-0.3, -0.25) is 9.78 Å². The summed E-state index contributed by atoms with van der Waals surface area (Å²) < 4.78 is 19.5. The Morgan fingerprint density at radius 1 is 1.37 bits per heavy atom. The molecule has 0 aliphatic rings. The normalized spacial score (nSPS) is 10.3. The van der Waals surface area contributed by atoms with Crippen LogP contribution in [0, 0.1) is 5.82 Å². The fraction of sp³-hybridized carbons (Fsp3) is 0.143. The first-order valence-electron chi connectivity index (χ1n) is 5.60. The van der Waals surface area contributed by atoms with Gasteiger partial charge < -0.3 is 4.74 Å². The van der Waals surface area contributed by atoms with E-state index in [-0.39, 0.29) is 18.1 Å². The minimum Gasteiger partial charge on any atom is -0.486 e. The number of ether oxygens (including phenoxy) is 1. The number of Topliss-reactive ketones (excluding diaryl/α,β-unsaturated/α-hetero) is 1. The molecule has 0 saturated carbocycles. The summed E-state index contributed by atoms with van der Waals surface area (Å²) in [6.45, 7) is 1.59. The van der Waals surface area contributed by atoms with Gasteiger partial charge in [-0.15, -0.1) is 0 Å². The van der Waals surface area contributed by atoms with Crippen LogP contribution < -0.4 is 4.74 Å². The van der Waals surface area contributed by atoms with Gasteiger partial charge in [0.1, 0.15) is 18.2 Å². The lowest BCUT2D eigenvalue weighted by atomic mass is 10.1. The van der Waals surface area contributed by atoms with Gasteiger partial charge in [0.05, 0.1) is 11.3 Å². The van der Waals surface area contributed by atoms with Crippen molar-refractivity contribution in [2.45, 2.75) is 13.5 Å². The molecule has 2 aromatic rings. The van der Waals surface area contributed by atoms with Crippen molar-refractivity contribution in [3.63, 3.8) is 0 Å². The lowest BCUT2D eigenvalue weighted by molar-refractivity contribution is 0.101. The van der Waals surface area contributed by atoms with Crippen molar-refractivity contribution in [3.05, 3.63) is 58.1 Å². The third kappa shape index (κ3) is 3.61. The van der Waals surface area contributed by atoms with E-state index in [9.17, 15) is 9.18 Å². The second-order valence-electron chi connectivity index (χ2n) is 3.95. The highest BCUT2D eigenvalue weighted by atomic mass is 79.9. The summed E-state index contributed by atoms with van der Waals surface area (Å²) in [7, 11) is 0. The third-order valence-corrected chi connectivity index (χ3v) is 2.96. The highest BCUT2D eigenvalue weighted by molar-refractivity contribution is 9.10. The number of carbonyl (C=O) groups excluding carboxylic acids is 1. The van der Waals surface area contributed by atoms with Crippen molar-refractivity contribution in [2.24, 2.45) is 0 Å². The van der Waals surface area contributed by atoms with E-state index >= 15 is 0 Å². The number of hydrogen-bond acceptors (Lipinski definition) is 3. The Hall–Kier alpha value is -1.75. The topological polar surface area (TPSA) is 39.2 Å². The molecule has 1 aromatic heterocycles. The number of rotatable bonds is 4. The van der Waals surface area contributed by atoms with Gasteiger partial charge >= 0.3 is 0 Å². The molecule has 2 rings (SSSR count). The molecule has 0 bridgehead atoms. The molecule has 0 N–H and O–H groups in total. The predicted molar refractivity (Wildman–Crippen MR) is 72.7 cm³/mol. The van der Waals surface area contributed by atoms with Gasteiger partial charge in [0.15, 0.2) is 5.78 Å². The number of halogens is 2. The van der Waals surface area contributed by atoms with Gasteiger partial charge in [0.2, 0.25) is 0 Å². The van der Waals surface area contributed by atoms with Gasteiger partial charge in [-0.1, -0.05) is 0 Å². The lowest BCUT2D eigenvalue weighted by Crippen LogP contribution is -2.03. The van der Waals surface area contributed by atoms with Crippen LogP contribution in [0.3, 0.4) is 0 Å². The molecule has 19 heavy (non-hydrogen) atoms. The molecular weight excluding hydrogens is 313 g/mol. The zero-order valence-corrected chi connectivity index (χ0v) is 11.8. The number of ketones is 1. The summed E-state index contributed by atoms with van der Waals surface area (Å²) in [5.41, 5.74) is 1.06. The fourth-order valence-corrected chi connectivity index (χ4v) is 1.78. The summed E-state index contributed by atoms with van der Waals surface area (Å²) in [6, 6.07) is 7.49. The number of aromatic nitrogens is 1. The molecule has 0 radical (unpaired) electrons. The van der Waals surface area contributed by atoms with E-state index in [4.69, 9.17) is 4.74 Å². The molecule has 0 aliphatic heterocycles. The van der Waals surface area contributed by atoms with E-state index in [1.54, 1.807) is 12.3 Å². The fourth-order valence-electron chi connectivity index (χ4n) is 1.55. The molecule has 5 heteroatoms. The summed E-state index contributed by atoms with van der Waals surface area (Å²) >= 11 is 3.28. The first kappa shape index (κ1) is 13.7. The van der Waals surface area contributed by atoms with E-state index < -0.39 is 5.82 Å². The first-order valence-corrected chi connectivity index (χ1v) is 6.39. The van der Waals surface area contributed by atoms with Crippen molar-refractivity contribution < 1.29 is 13.9 Å². The number of hydrogen-bond donors (Lipinski definition) is 0. The highest BCUT2D eigenvalue weighted by Gasteiger charge is 2.10. The molecule has 0 spiro atoms. The minimum atomic E-state index is -0.441. The maximum absolute atomic E-state index is 13.2. The maximum atomic E-state index is 13.2. The molecular formula is C14H11BrFNO2. The maximum Gasteiger partial charge on any atom is 0.163 e. The van der Waals surface area contributed by atoms with Crippen molar-refractivity contribution in [1.29, 1.82) is 0 Å². The zero-order valence-electron chi connectivity index (χ0n) is 10.2. The number of nitrogens with zero attached hydrogens (tertiary/aromatic N) is 1. The van der Waals surface area contributed by atoms with Gasteiger partial charge in [0, 0.05) is 16.7 Å². The second-order valence-corrected chi connectivity index (χ2v) is 4.87. The van der Waals surface area contributed by atoms with Gasteiger partial charge in [-0.25, -0.2) is 4.39 Å². The Morgan fingerprint density at radius 2 is 2.16 bits per heavy atom. The number of pyridine rings is 1. The van der Waals surface area contributed by atoms with Crippen molar-refractivity contribution >= 4 is 21.7 Å². The average Bonchev–Trinajstić information content (AvgIpc) is 2.38. The third-order valence-electron chi connectivity index (χ3n) is 2.49. The van der Waals surface area contributed by atoms with Crippen molar-refractivity contribution in [1.82, 2.24) is 4.98 Å². The Morgan fingerprint density at radius 3 is 2.79 bits per heavy atom. The Bertz CT molecular complexity index is 599. The first-order chi connectivity index (χ1) is 9.06. The van der Waals surface area contributed by atoms with Crippen molar-refractivity contribution in [3.8, 4) is 5.75 Å². The van der Waals surface area contributed by atoms with E-state index in [0.717, 1.165) is 4.47 Å². The summed E-state index contributed by atoms with van der Waals surface area (Å²) in [5, 5.41) is 0. The minimum absolute atomic E-state index is 0.168. The Labute approximate surface area is 118 Å². The van der Waals surface area contributed by atoms with Gasteiger partial charge in [-0.2, -0.15) is 0 Å². The standard InChI is InChI=1S/C14H11BrFNO2/c1-9(18)13-5-3-11(16)6-14(13)19-8-12-4-2-10(15)7-17-12/h2-7H,8H2,1H3. The molecule has 98 valence electrons. The molecule has 0 saturated heterocycles. The molecule has 3 nitrogen and oxygen atoms in total. The summed E-state index contributed by atoms with van der Waals surface area (Å²) in [6.07, 6.45) is 1.65. The molecule has 0 atom stereocenters. The molecule has 0 amide bonds. The zero-order chi connectivity index (χ0) is 13.8. The molecule has 0 aliphatic carbocycles. The van der Waals surface area contributed by atoms with Crippen LogP contribution >= 0.6 is 15.9 Å². The number of benzene rings is 1. The van der Waals surface area contributed by atoms with Crippen LogP contribution in [0.25, 0.3) is 0 Å². The van der Waals surface area contributed by atoms with E-state index in [0.29, 0.717) is 11.3 Å². The quantitative estimate of drug-likeness (QED) is 0.804. The van der Waals surface area contributed by atoms with E-state index in [1.807, 2.05) is 6.07 Å². The van der Waals surface area contributed by atoms with Gasteiger partial charge in [-0.05, 0) is 47.1 Å². The largest absolute Gasteiger partial charge is 0.486 e. The van der Waals surface area contributed by atoms with Crippen LogP contribution in [0.15, 0.2) is 41.0 Å². The van der Waals surface area contributed by atoms with Crippen LogP contribution in [-0.2, 0) is 6.61 Å². The lowest BCUT2D eigenvalue weighted by Gasteiger charge is -2.09. The molecule has 1 heterocycles. The number of carbonyl (C=O) groups is 1. The van der Waals surface area contributed by atoms with E-state index in [2.05, 4.69) is 20.9 Å². The summed E-state index contributed by atoms with van der Waals surface area (Å²) in [4.78, 5) is 15.5. The Kier molecular flexibility index (Phi) is 4.27. The predicted octanol–water partition coefficient (Wildman–Crippen LogP) is 3.76. The molecule has 1 aromatic carbocycles. The summed E-state index contributed by atoms with van der Waals surface area (Å²) in [5.74, 6) is -0.375. The smallest absolute Gasteiger partial charge is 0.163 e. The van der Waals surface area contributed by atoms with Crippen molar-refractivity contribution in [2.75, 3.05) is 0 Å². The average molecular weight is 324 g/mol. The van der Waals surface area contributed by atoms with Crippen LogP contribution in [0.1, 0.15) is 23.0 Å². The second kappa shape index (κ2) is 5.93. The van der Waals surface area contributed by atoms with Crippen LogP contribution in [0.2, 0.25) is 0 Å². The monoisotopic (exact) mass is 323 g/mol. The molecule has 0 unspecified atom stereocenters. The van der Waals surface area contributed by atoms with E-state index in [1.165, 1.54) is 25.1 Å². The van der Waals surface area contributed by atoms with Gasteiger partial charge in [0.25, 0.3) is 0 Å². The Balaban J connectivity index is 2.16. The molecule has 0 fully saturated rings. The SMILES string of the molecule is CC(=O)c1ccc(F)cc1OCc1ccc(Br)cn1. The highest BCUT2D eigenvalue weighted by Crippen LogP contribution is 2.21. The van der Waals surface area contributed by atoms with Crippen LogP contribution in [-0.4, -0.2) is 10.8 Å². The van der Waals surface area contributed by atoms with Crippen LogP contribution in [0.4, 0.5) is 4.39 Å².